The number of benzene rings is 2. The number of carboxylic acids is 1. The van der Waals surface area contributed by atoms with Gasteiger partial charge in [0, 0.05) is 19.0 Å². The van der Waals surface area contributed by atoms with Crippen LogP contribution in [0.3, 0.4) is 0 Å². The van der Waals surface area contributed by atoms with Gasteiger partial charge < -0.3 is 20.1 Å². The molecule has 2 aromatic rings. The highest BCUT2D eigenvalue weighted by Crippen LogP contribution is 2.51. The highest BCUT2D eigenvalue weighted by molar-refractivity contribution is 5.86. The number of aliphatic carboxylic acids is 1. The van der Waals surface area contributed by atoms with Gasteiger partial charge in [0.25, 0.3) is 0 Å². The van der Waals surface area contributed by atoms with Crippen LogP contribution in [0.5, 0.6) is 0 Å². The Bertz CT molecular complexity index is 1100. The van der Waals surface area contributed by atoms with Gasteiger partial charge in [0.15, 0.2) is 0 Å². The molecule has 4 atom stereocenters. The Kier molecular flexibility index (Phi) is 6.26. The predicted molar refractivity (Wildman–Crippen MR) is 131 cm³/mol. The van der Waals surface area contributed by atoms with Gasteiger partial charge in [-0.1, -0.05) is 62.4 Å². The van der Waals surface area contributed by atoms with E-state index < -0.39 is 18.1 Å². The van der Waals surface area contributed by atoms with E-state index in [0.29, 0.717) is 25.9 Å². The van der Waals surface area contributed by atoms with Crippen molar-refractivity contribution in [1.82, 2.24) is 10.2 Å². The van der Waals surface area contributed by atoms with E-state index >= 15 is 0 Å². The summed E-state index contributed by atoms with van der Waals surface area (Å²) in [5, 5.41) is 12.2. The maximum absolute atomic E-state index is 13.3. The Morgan fingerprint density at radius 1 is 1.03 bits per heavy atom. The molecule has 1 saturated carbocycles. The average molecular weight is 477 g/mol. The Hall–Kier alpha value is -3.35. The molecule has 35 heavy (non-hydrogen) atoms. The van der Waals surface area contributed by atoms with Gasteiger partial charge in [-0.05, 0) is 52.8 Å². The molecular formula is C28H32N2O5. The number of nitrogens with one attached hydrogen (secondary N) is 1. The first-order chi connectivity index (χ1) is 16.8. The molecule has 2 amide bonds. The maximum atomic E-state index is 13.3. The van der Waals surface area contributed by atoms with Crippen LogP contribution in [0, 0.1) is 23.7 Å². The Balaban J connectivity index is 1.23. The van der Waals surface area contributed by atoms with Crippen LogP contribution in [-0.4, -0.2) is 53.7 Å². The number of rotatable bonds is 7. The molecule has 1 unspecified atom stereocenters. The summed E-state index contributed by atoms with van der Waals surface area (Å²) in [5.74, 6) is -0.912. The fraction of sp³-hybridized carbons (Fsp3) is 0.464. The monoisotopic (exact) mass is 476 g/mol. The number of carboxylic acid groups (broad SMARTS) is 1. The first kappa shape index (κ1) is 23.4. The number of ether oxygens (including phenoxy) is 1. The highest BCUT2D eigenvalue weighted by Gasteiger charge is 2.57. The lowest BCUT2D eigenvalue weighted by Gasteiger charge is -2.31. The lowest BCUT2D eigenvalue weighted by molar-refractivity contribution is -0.139. The van der Waals surface area contributed by atoms with E-state index in [0.717, 1.165) is 22.3 Å². The van der Waals surface area contributed by atoms with Crippen molar-refractivity contribution in [3.63, 3.8) is 0 Å². The van der Waals surface area contributed by atoms with Gasteiger partial charge >= 0.3 is 12.1 Å². The molecule has 2 N–H and O–H groups in total. The molecule has 2 aliphatic carbocycles. The molecule has 7 heteroatoms. The number of amides is 2. The number of nitrogens with zero attached hydrogens (tertiary/aromatic N) is 1. The second-order valence-corrected chi connectivity index (χ2v) is 10.4. The van der Waals surface area contributed by atoms with Crippen molar-refractivity contribution >= 4 is 18.0 Å². The summed E-state index contributed by atoms with van der Waals surface area (Å²) in [7, 11) is 0. The minimum atomic E-state index is -0.773. The Morgan fingerprint density at radius 2 is 1.66 bits per heavy atom. The molecule has 7 nitrogen and oxygen atoms in total. The van der Waals surface area contributed by atoms with E-state index in [4.69, 9.17) is 4.74 Å². The Morgan fingerprint density at radius 3 is 2.26 bits per heavy atom. The fourth-order valence-electron chi connectivity index (χ4n) is 6.00. The first-order valence-electron chi connectivity index (χ1n) is 12.5. The number of piperidine rings is 1. The lowest BCUT2D eigenvalue weighted by atomic mass is 9.98. The molecule has 0 radical (unpaired) electrons. The zero-order valence-corrected chi connectivity index (χ0v) is 20.1. The topological polar surface area (TPSA) is 95.9 Å². The average Bonchev–Trinajstić information content (AvgIpc) is 3.49. The number of carbonyl (C=O) groups excluding carboxylic acids is 2. The summed E-state index contributed by atoms with van der Waals surface area (Å²) in [6.07, 6.45) is 0.596. The molecule has 0 bridgehead atoms. The number of carbonyl (C=O) groups is 3. The molecule has 0 spiro atoms. The molecule has 3 aliphatic rings. The molecule has 1 saturated heterocycles. The van der Waals surface area contributed by atoms with Crippen LogP contribution in [0.1, 0.15) is 43.7 Å². The van der Waals surface area contributed by atoms with Gasteiger partial charge in [0.1, 0.15) is 12.6 Å². The molecule has 1 aliphatic heterocycles. The first-order valence-corrected chi connectivity index (χ1v) is 12.5. The van der Waals surface area contributed by atoms with Gasteiger partial charge in [0.05, 0.1) is 5.92 Å². The predicted octanol–water partition coefficient (Wildman–Crippen LogP) is 4.12. The molecule has 184 valence electrons. The van der Waals surface area contributed by atoms with Crippen molar-refractivity contribution in [3.8, 4) is 11.1 Å². The van der Waals surface area contributed by atoms with Crippen LogP contribution in [0.25, 0.3) is 11.1 Å². The van der Waals surface area contributed by atoms with E-state index in [1.54, 1.807) is 4.90 Å². The van der Waals surface area contributed by atoms with Crippen molar-refractivity contribution in [2.45, 2.75) is 38.6 Å². The largest absolute Gasteiger partial charge is 0.481 e. The second-order valence-electron chi connectivity index (χ2n) is 10.4. The van der Waals surface area contributed by atoms with E-state index in [-0.39, 0.29) is 42.1 Å². The summed E-state index contributed by atoms with van der Waals surface area (Å²) in [4.78, 5) is 39.3. The van der Waals surface area contributed by atoms with Crippen molar-refractivity contribution in [2.24, 2.45) is 23.7 Å². The van der Waals surface area contributed by atoms with Gasteiger partial charge in [-0.25, -0.2) is 4.79 Å². The minimum Gasteiger partial charge on any atom is -0.481 e. The second kappa shape index (κ2) is 9.36. The molecule has 0 aromatic heterocycles. The third-order valence-corrected chi connectivity index (χ3v) is 7.73. The van der Waals surface area contributed by atoms with E-state index in [1.165, 1.54) is 0 Å². The van der Waals surface area contributed by atoms with Gasteiger partial charge in [0.2, 0.25) is 5.91 Å². The fourth-order valence-corrected chi connectivity index (χ4v) is 6.00. The molecule has 2 fully saturated rings. The number of hydrogen-bond acceptors (Lipinski definition) is 4. The summed E-state index contributed by atoms with van der Waals surface area (Å²) in [6.45, 7) is 5.18. The molecule has 2 aromatic carbocycles. The molecular weight excluding hydrogens is 444 g/mol. The van der Waals surface area contributed by atoms with Crippen LogP contribution >= 0.6 is 0 Å². The zero-order chi connectivity index (χ0) is 24.7. The van der Waals surface area contributed by atoms with Crippen molar-refractivity contribution in [2.75, 3.05) is 19.7 Å². The number of fused-ring (bicyclic) bond motifs is 4. The standard InChI is InChI=1S/C28H32N2O5/c1-16(2)13-24(26(31)30-12-11-21-22(14-30)25(21)27(32)33)29-28(34)35-15-23-19-9-5-3-7-17(19)18-8-4-6-10-20(18)23/h3-10,16,21-25H,11-15H2,1-2H3,(H,29,34)(H,32,33)/t21-,22+,24-,25?/m1/s1. The summed E-state index contributed by atoms with van der Waals surface area (Å²) in [6, 6.07) is 15.6. The summed E-state index contributed by atoms with van der Waals surface area (Å²) < 4.78 is 5.67. The zero-order valence-electron chi connectivity index (χ0n) is 20.1. The Labute approximate surface area is 205 Å². The molecule has 5 rings (SSSR count). The summed E-state index contributed by atoms with van der Waals surface area (Å²) in [5.41, 5.74) is 4.59. The van der Waals surface area contributed by atoms with Crippen molar-refractivity contribution in [1.29, 1.82) is 0 Å². The van der Waals surface area contributed by atoms with Crippen LogP contribution in [-0.2, 0) is 14.3 Å². The third-order valence-electron chi connectivity index (χ3n) is 7.73. The lowest BCUT2D eigenvalue weighted by Crippen LogP contribution is -2.51. The van der Waals surface area contributed by atoms with Crippen LogP contribution in [0.15, 0.2) is 48.5 Å². The van der Waals surface area contributed by atoms with Gasteiger partial charge in [-0.15, -0.1) is 0 Å². The van der Waals surface area contributed by atoms with Crippen LogP contribution < -0.4 is 5.32 Å². The number of alkyl carbamates (subject to hydrolysis) is 1. The van der Waals surface area contributed by atoms with Crippen molar-refractivity contribution < 1.29 is 24.2 Å². The molecule has 1 heterocycles. The van der Waals surface area contributed by atoms with E-state index in [9.17, 15) is 19.5 Å². The third kappa shape index (κ3) is 4.51. The number of likely N-dealkylation sites (tertiary alicyclic amines) is 1. The van der Waals surface area contributed by atoms with E-state index in [2.05, 4.69) is 29.6 Å². The summed E-state index contributed by atoms with van der Waals surface area (Å²) >= 11 is 0. The van der Waals surface area contributed by atoms with E-state index in [1.807, 2.05) is 38.1 Å². The smallest absolute Gasteiger partial charge is 0.407 e. The SMILES string of the molecule is CC(C)C[C@@H](NC(=O)OCC1c2ccccc2-c2ccccc21)C(=O)N1CC[C@H]2C(C(=O)O)[C@H]2C1. The van der Waals surface area contributed by atoms with Gasteiger partial charge in [-0.3, -0.25) is 9.59 Å². The van der Waals surface area contributed by atoms with Crippen LogP contribution in [0.4, 0.5) is 4.79 Å². The maximum Gasteiger partial charge on any atom is 0.407 e. The quantitative estimate of drug-likeness (QED) is 0.627. The minimum absolute atomic E-state index is 0.0272. The van der Waals surface area contributed by atoms with Gasteiger partial charge in [-0.2, -0.15) is 0 Å². The van der Waals surface area contributed by atoms with Crippen molar-refractivity contribution in [3.05, 3.63) is 59.7 Å². The van der Waals surface area contributed by atoms with Crippen LogP contribution in [0.2, 0.25) is 0 Å². The number of hydrogen-bond donors (Lipinski definition) is 2. The normalized spacial score (nSPS) is 23.2. The highest BCUT2D eigenvalue weighted by atomic mass is 16.5.